The molecule has 0 saturated heterocycles. The Morgan fingerprint density at radius 3 is 2.50 bits per heavy atom. The molecule has 0 unspecified atom stereocenters. The maximum atomic E-state index is 11.6. The zero-order valence-electron chi connectivity index (χ0n) is 11.6. The van der Waals surface area contributed by atoms with Crippen molar-refractivity contribution in [3.63, 3.8) is 0 Å². The number of amides is 2. The van der Waals surface area contributed by atoms with Gasteiger partial charge in [-0.3, -0.25) is 14.8 Å². The fourth-order valence-electron chi connectivity index (χ4n) is 1.71. The van der Waals surface area contributed by atoms with Crippen LogP contribution in [0.4, 0.5) is 5.69 Å². The standard InChI is InChI=1S/C14H21N3O3/c1-2-3-4-13(18)16-11-7-5-10(6-8-11)9-12(15)14(19)17-20/h5-8,12,20H,2-4,9,15H2,1H3,(H,16,18)(H,17,19)/t12-/m0/s1. The highest BCUT2D eigenvalue weighted by Gasteiger charge is 2.12. The summed E-state index contributed by atoms with van der Waals surface area (Å²) in [5, 5.41) is 11.3. The van der Waals surface area contributed by atoms with E-state index in [-0.39, 0.29) is 5.91 Å². The average molecular weight is 279 g/mol. The molecule has 1 atom stereocenters. The summed E-state index contributed by atoms with van der Waals surface area (Å²) in [5.41, 5.74) is 8.68. The van der Waals surface area contributed by atoms with Crippen LogP contribution in [0.1, 0.15) is 31.7 Å². The van der Waals surface area contributed by atoms with Gasteiger partial charge in [-0.1, -0.05) is 25.5 Å². The minimum absolute atomic E-state index is 0.00374. The molecule has 110 valence electrons. The molecule has 2 amide bonds. The average Bonchev–Trinajstić information content (AvgIpc) is 2.46. The van der Waals surface area contributed by atoms with Gasteiger partial charge in [0.25, 0.3) is 5.91 Å². The fourth-order valence-corrected chi connectivity index (χ4v) is 1.71. The van der Waals surface area contributed by atoms with E-state index in [2.05, 4.69) is 5.32 Å². The highest BCUT2D eigenvalue weighted by Crippen LogP contribution is 2.11. The molecule has 0 aliphatic heterocycles. The van der Waals surface area contributed by atoms with Gasteiger partial charge in [-0.15, -0.1) is 0 Å². The van der Waals surface area contributed by atoms with Crippen LogP contribution in [0.15, 0.2) is 24.3 Å². The zero-order chi connectivity index (χ0) is 15.0. The number of benzene rings is 1. The minimum Gasteiger partial charge on any atom is -0.326 e. The van der Waals surface area contributed by atoms with Crippen LogP contribution in [0.2, 0.25) is 0 Å². The van der Waals surface area contributed by atoms with Crippen LogP contribution < -0.4 is 16.5 Å². The summed E-state index contributed by atoms with van der Waals surface area (Å²) in [6, 6.07) is 6.32. The van der Waals surface area contributed by atoms with E-state index in [1.807, 2.05) is 6.92 Å². The minimum atomic E-state index is -0.801. The second kappa shape index (κ2) is 8.29. The third kappa shape index (κ3) is 5.38. The lowest BCUT2D eigenvalue weighted by atomic mass is 10.1. The van der Waals surface area contributed by atoms with Crippen molar-refractivity contribution in [3.8, 4) is 0 Å². The smallest absolute Gasteiger partial charge is 0.260 e. The Morgan fingerprint density at radius 1 is 1.30 bits per heavy atom. The van der Waals surface area contributed by atoms with Crippen LogP contribution >= 0.6 is 0 Å². The summed E-state index contributed by atoms with van der Waals surface area (Å²) in [7, 11) is 0. The number of nitrogens with one attached hydrogen (secondary N) is 2. The number of hydroxylamine groups is 1. The first kappa shape index (κ1) is 16.1. The van der Waals surface area contributed by atoms with E-state index in [4.69, 9.17) is 10.9 Å². The van der Waals surface area contributed by atoms with E-state index in [0.717, 1.165) is 24.1 Å². The first-order valence-electron chi connectivity index (χ1n) is 6.65. The zero-order valence-corrected chi connectivity index (χ0v) is 11.6. The topological polar surface area (TPSA) is 104 Å². The van der Waals surface area contributed by atoms with Gasteiger partial charge in [0.05, 0.1) is 6.04 Å². The molecule has 5 N–H and O–H groups in total. The van der Waals surface area contributed by atoms with E-state index >= 15 is 0 Å². The Labute approximate surface area is 118 Å². The summed E-state index contributed by atoms with van der Waals surface area (Å²) < 4.78 is 0. The number of unbranched alkanes of at least 4 members (excludes halogenated alkanes) is 1. The summed E-state index contributed by atoms with van der Waals surface area (Å²) in [6.45, 7) is 2.04. The molecule has 6 heteroatoms. The number of hydrogen-bond donors (Lipinski definition) is 4. The predicted octanol–water partition coefficient (Wildman–Crippen LogP) is 1.19. The van der Waals surface area contributed by atoms with Crippen molar-refractivity contribution >= 4 is 17.5 Å². The molecule has 0 heterocycles. The number of carbonyl (C=O) groups is 2. The van der Waals surface area contributed by atoms with Gasteiger partial charge in [0.15, 0.2) is 0 Å². The first-order valence-corrected chi connectivity index (χ1v) is 6.65. The van der Waals surface area contributed by atoms with Gasteiger partial charge in [-0.2, -0.15) is 0 Å². The van der Waals surface area contributed by atoms with Gasteiger partial charge in [0.1, 0.15) is 0 Å². The van der Waals surface area contributed by atoms with Crippen LogP contribution in [-0.2, 0) is 16.0 Å². The number of anilines is 1. The molecular formula is C14H21N3O3. The van der Waals surface area contributed by atoms with E-state index < -0.39 is 11.9 Å². The van der Waals surface area contributed by atoms with E-state index in [0.29, 0.717) is 12.8 Å². The van der Waals surface area contributed by atoms with Crippen LogP contribution in [0.3, 0.4) is 0 Å². The Hall–Kier alpha value is -1.92. The quantitative estimate of drug-likeness (QED) is 0.444. The van der Waals surface area contributed by atoms with Crippen LogP contribution in [0.25, 0.3) is 0 Å². The first-order chi connectivity index (χ1) is 9.56. The Balaban J connectivity index is 2.52. The SMILES string of the molecule is CCCCC(=O)Nc1ccc(C[C@H](N)C(=O)NO)cc1. The largest absolute Gasteiger partial charge is 0.326 e. The molecule has 0 aliphatic carbocycles. The van der Waals surface area contributed by atoms with Gasteiger partial charge >= 0.3 is 0 Å². The van der Waals surface area contributed by atoms with E-state index in [9.17, 15) is 9.59 Å². The maximum Gasteiger partial charge on any atom is 0.260 e. The molecule has 1 aromatic carbocycles. The Morgan fingerprint density at radius 2 is 1.95 bits per heavy atom. The van der Waals surface area contributed by atoms with Gasteiger partial charge in [0.2, 0.25) is 5.91 Å². The van der Waals surface area contributed by atoms with Gasteiger partial charge in [0, 0.05) is 12.1 Å². The molecule has 0 fully saturated rings. The molecule has 0 bridgehead atoms. The number of nitrogens with two attached hydrogens (primary N) is 1. The van der Waals surface area contributed by atoms with Crippen molar-refractivity contribution in [2.24, 2.45) is 5.73 Å². The molecule has 0 aliphatic rings. The van der Waals surface area contributed by atoms with Crippen LogP contribution in [0, 0.1) is 0 Å². The third-order valence-corrected chi connectivity index (χ3v) is 2.90. The van der Waals surface area contributed by atoms with E-state index in [1.54, 1.807) is 24.3 Å². The fraction of sp³-hybridized carbons (Fsp3) is 0.429. The molecule has 6 nitrogen and oxygen atoms in total. The summed E-state index contributed by atoms with van der Waals surface area (Å²) in [4.78, 5) is 22.6. The number of hydrogen-bond acceptors (Lipinski definition) is 4. The van der Waals surface area contributed by atoms with Crippen molar-refractivity contribution in [1.82, 2.24) is 5.48 Å². The molecule has 0 aromatic heterocycles. The lowest BCUT2D eigenvalue weighted by Crippen LogP contribution is -2.40. The number of rotatable bonds is 7. The summed E-state index contributed by atoms with van der Waals surface area (Å²) in [6.07, 6.45) is 2.68. The lowest BCUT2D eigenvalue weighted by Gasteiger charge is -2.10. The van der Waals surface area contributed by atoms with Crippen molar-refractivity contribution in [1.29, 1.82) is 0 Å². The molecule has 1 rings (SSSR count). The predicted molar refractivity (Wildman–Crippen MR) is 76.2 cm³/mol. The molecule has 1 aromatic rings. The Kier molecular flexibility index (Phi) is 6.69. The van der Waals surface area contributed by atoms with Crippen molar-refractivity contribution in [2.45, 2.75) is 38.6 Å². The van der Waals surface area contributed by atoms with Crippen LogP contribution in [0.5, 0.6) is 0 Å². The third-order valence-electron chi connectivity index (χ3n) is 2.90. The van der Waals surface area contributed by atoms with Gasteiger partial charge in [-0.05, 0) is 30.5 Å². The maximum absolute atomic E-state index is 11.6. The highest BCUT2D eigenvalue weighted by molar-refractivity contribution is 5.90. The second-order valence-corrected chi connectivity index (χ2v) is 4.64. The lowest BCUT2D eigenvalue weighted by molar-refractivity contribution is -0.130. The summed E-state index contributed by atoms with van der Waals surface area (Å²) >= 11 is 0. The number of carbonyl (C=O) groups excluding carboxylic acids is 2. The molecular weight excluding hydrogens is 258 g/mol. The van der Waals surface area contributed by atoms with Crippen molar-refractivity contribution in [2.75, 3.05) is 5.32 Å². The normalized spacial score (nSPS) is 11.8. The molecule has 0 radical (unpaired) electrons. The van der Waals surface area contributed by atoms with Gasteiger partial charge < -0.3 is 11.1 Å². The Bertz CT molecular complexity index is 445. The molecule has 20 heavy (non-hydrogen) atoms. The van der Waals surface area contributed by atoms with Gasteiger partial charge in [-0.25, -0.2) is 5.48 Å². The molecule has 0 spiro atoms. The molecule has 0 saturated carbocycles. The van der Waals surface area contributed by atoms with Crippen LogP contribution in [-0.4, -0.2) is 23.1 Å². The second-order valence-electron chi connectivity index (χ2n) is 4.64. The summed E-state index contributed by atoms with van der Waals surface area (Å²) in [5.74, 6) is -0.627. The van der Waals surface area contributed by atoms with Crippen molar-refractivity contribution < 1.29 is 14.8 Å². The highest BCUT2D eigenvalue weighted by atomic mass is 16.5. The monoisotopic (exact) mass is 279 g/mol. The van der Waals surface area contributed by atoms with E-state index in [1.165, 1.54) is 5.48 Å². The van der Waals surface area contributed by atoms with Crippen molar-refractivity contribution in [3.05, 3.63) is 29.8 Å².